The van der Waals surface area contributed by atoms with E-state index in [1.165, 1.54) is 0 Å². The van der Waals surface area contributed by atoms with Gasteiger partial charge < -0.3 is 9.88 Å². The summed E-state index contributed by atoms with van der Waals surface area (Å²) in [6, 6.07) is 1.86. The number of hydrogen-bond donors (Lipinski definition) is 2. The number of sulfonamides is 1. The first-order valence-corrected chi connectivity index (χ1v) is 13.5. The fourth-order valence-electron chi connectivity index (χ4n) is 3.22. The molecule has 2 rings (SSSR count). The van der Waals surface area contributed by atoms with E-state index in [9.17, 15) is 12.8 Å². The zero-order valence-electron chi connectivity index (χ0n) is 21.2. The van der Waals surface area contributed by atoms with Gasteiger partial charge in [0.25, 0.3) is 0 Å². The number of imidazole rings is 1. The van der Waals surface area contributed by atoms with Crippen LogP contribution in [0.25, 0.3) is 5.57 Å². The number of aryl methyl sites for hydroxylation is 2. The van der Waals surface area contributed by atoms with Gasteiger partial charge in [-0.2, -0.15) is 5.10 Å². The second kappa shape index (κ2) is 13.1. The molecule has 11 heteroatoms. The third-order valence-electron chi connectivity index (χ3n) is 5.01. The van der Waals surface area contributed by atoms with Gasteiger partial charge in [-0.1, -0.05) is 32.9 Å². The lowest BCUT2D eigenvalue weighted by Gasteiger charge is -2.08. The van der Waals surface area contributed by atoms with Gasteiger partial charge in [-0.25, -0.2) is 22.5 Å². The summed E-state index contributed by atoms with van der Waals surface area (Å²) < 4.78 is 42.8. The van der Waals surface area contributed by atoms with Crippen LogP contribution in [-0.2, 0) is 24.1 Å². The highest BCUT2D eigenvalue weighted by molar-refractivity contribution is 7.88. The Morgan fingerprint density at radius 3 is 2.60 bits per heavy atom. The van der Waals surface area contributed by atoms with Crippen LogP contribution in [0, 0.1) is 0 Å². The van der Waals surface area contributed by atoms with Crippen molar-refractivity contribution in [3.05, 3.63) is 60.1 Å². The van der Waals surface area contributed by atoms with E-state index >= 15 is 0 Å². The number of hydrogen-bond acceptors (Lipinski definition) is 5. The molecule has 0 radical (unpaired) electrons. The first-order chi connectivity index (χ1) is 16.5. The van der Waals surface area contributed by atoms with E-state index in [1.54, 1.807) is 17.1 Å². The van der Waals surface area contributed by atoms with E-state index in [1.807, 2.05) is 43.9 Å². The first-order valence-electron chi connectivity index (χ1n) is 11.6. The Balaban J connectivity index is 2.34. The van der Waals surface area contributed by atoms with Crippen LogP contribution < -0.4 is 10.0 Å². The molecule has 0 unspecified atom stereocenters. The molecule has 0 aromatic carbocycles. The molecule has 0 atom stereocenters. The molecule has 0 aliphatic carbocycles. The number of nitrogens with zero attached hydrogens (tertiary/aromatic N) is 5. The number of aromatic nitrogens is 4. The average molecular weight is 506 g/mol. The number of aliphatic imine (C=N–C) groups is 1. The van der Waals surface area contributed by atoms with E-state index in [0.717, 1.165) is 24.8 Å². The molecular weight excluding hydrogens is 469 g/mol. The molecule has 2 aromatic rings. The number of nitrogens with one attached hydrogen (secondary N) is 2. The summed E-state index contributed by atoms with van der Waals surface area (Å²) in [4.78, 5) is 9.11. The molecule has 0 aliphatic heterocycles. The minimum absolute atomic E-state index is 0.0731. The van der Waals surface area contributed by atoms with Crippen molar-refractivity contribution in [3.8, 4) is 0 Å². The van der Waals surface area contributed by atoms with Crippen LogP contribution in [-0.4, -0.2) is 52.9 Å². The van der Waals surface area contributed by atoms with E-state index in [4.69, 9.17) is 4.99 Å². The summed E-state index contributed by atoms with van der Waals surface area (Å²) in [5.74, 6) is 0.739. The number of unbranched alkanes of at least 4 members (excludes halogenated alkanes) is 1. The molecule has 2 aromatic heterocycles. The van der Waals surface area contributed by atoms with Crippen molar-refractivity contribution in [1.82, 2.24) is 24.1 Å². The Kier molecular flexibility index (Phi) is 10.6. The van der Waals surface area contributed by atoms with Crippen molar-refractivity contribution in [3.63, 3.8) is 0 Å². The Bertz CT molecular complexity index is 1210. The van der Waals surface area contributed by atoms with Crippen molar-refractivity contribution in [1.29, 1.82) is 0 Å². The summed E-state index contributed by atoms with van der Waals surface area (Å²) in [6.07, 6.45) is 11.1. The Morgan fingerprint density at radius 2 is 2.03 bits per heavy atom. The highest BCUT2D eigenvalue weighted by atomic mass is 32.2. The zero-order valence-corrected chi connectivity index (χ0v) is 22.0. The van der Waals surface area contributed by atoms with E-state index in [2.05, 4.69) is 33.6 Å². The van der Waals surface area contributed by atoms with Gasteiger partial charge >= 0.3 is 0 Å². The van der Waals surface area contributed by atoms with Gasteiger partial charge in [0.15, 0.2) is 5.84 Å². The standard InChI is InChI=1S/C24H36FN7O2S/c1-7-9-12-26-24(22-16-31(4)17-27-22)29-23-15-21(30-32(23)5)20(10-8-2)14-19(18(3)25)11-13-28-35(6,33)34/h10,14-17,28H,3,7-9,11-13H2,1-2,4-6H3,(H,26,29)/b19-14-,20-10+. The lowest BCUT2D eigenvalue weighted by Crippen LogP contribution is -2.23. The molecule has 0 aliphatic rings. The second-order valence-electron chi connectivity index (χ2n) is 8.23. The summed E-state index contributed by atoms with van der Waals surface area (Å²) >= 11 is 0. The van der Waals surface area contributed by atoms with Crippen LogP contribution in [0.15, 0.2) is 53.7 Å². The molecule has 0 bridgehead atoms. The van der Waals surface area contributed by atoms with Gasteiger partial charge in [-0.3, -0.25) is 9.67 Å². The van der Waals surface area contributed by atoms with Crippen LogP contribution in [0.1, 0.15) is 50.9 Å². The van der Waals surface area contributed by atoms with Crippen molar-refractivity contribution < 1.29 is 12.8 Å². The van der Waals surface area contributed by atoms with Gasteiger partial charge in [-0.15, -0.1) is 0 Å². The highest BCUT2D eigenvalue weighted by Gasteiger charge is 2.14. The fraction of sp³-hybridized carbons (Fsp3) is 0.458. The fourth-order valence-corrected chi connectivity index (χ4v) is 3.69. The number of halogens is 1. The molecule has 0 spiro atoms. The van der Waals surface area contributed by atoms with Gasteiger partial charge in [-0.05, 0) is 36.5 Å². The number of allylic oxidation sites excluding steroid dienone is 4. The Labute approximate surface area is 207 Å². The minimum atomic E-state index is -3.37. The molecule has 0 saturated heterocycles. The topological polar surface area (TPSA) is 106 Å². The molecule has 0 amide bonds. The molecule has 0 saturated carbocycles. The van der Waals surface area contributed by atoms with Gasteiger partial charge in [0, 0.05) is 39.4 Å². The first kappa shape index (κ1) is 28.2. The van der Waals surface area contributed by atoms with Crippen molar-refractivity contribution in [2.24, 2.45) is 19.1 Å². The third-order valence-corrected chi connectivity index (χ3v) is 5.74. The second-order valence-corrected chi connectivity index (χ2v) is 10.1. The van der Waals surface area contributed by atoms with Gasteiger partial charge in [0.1, 0.15) is 17.3 Å². The molecule has 9 nitrogen and oxygen atoms in total. The van der Waals surface area contributed by atoms with Crippen molar-refractivity contribution in [2.75, 3.05) is 24.7 Å². The smallest absolute Gasteiger partial charge is 0.208 e. The van der Waals surface area contributed by atoms with Crippen molar-refractivity contribution in [2.45, 2.75) is 39.5 Å². The van der Waals surface area contributed by atoms with Crippen LogP contribution in [0.5, 0.6) is 0 Å². The predicted molar refractivity (Wildman–Crippen MR) is 140 cm³/mol. The average Bonchev–Trinajstić information content (AvgIpc) is 3.36. The number of amidine groups is 1. The molecule has 35 heavy (non-hydrogen) atoms. The summed E-state index contributed by atoms with van der Waals surface area (Å²) in [5, 5.41) is 7.95. The number of rotatable bonds is 13. The van der Waals surface area contributed by atoms with Crippen LogP contribution in [0.2, 0.25) is 0 Å². The SMILES string of the molecule is C=C(F)/C(=C\C(=C/CC)c1cc(NC(=NCCCC)c2cn(C)cn2)n(C)n1)CCNS(C)(=O)=O. The third kappa shape index (κ3) is 9.25. The summed E-state index contributed by atoms with van der Waals surface area (Å²) in [6.45, 7) is 8.25. The Hall–Kier alpha value is -3.05. The van der Waals surface area contributed by atoms with E-state index in [-0.39, 0.29) is 13.0 Å². The van der Waals surface area contributed by atoms with Gasteiger partial charge in [0.2, 0.25) is 10.0 Å². The minimum Gasteiger partial charge on any atom is -0.340 e. The van der Waals surface area contributed by atoms with E-state index in [0.29, 0.717) is 41.5 Å². The van der Waals surface area contributed by atoms with Crippen LogP contribution >= 0.6 is 0 Å². The van der Waals surface area contributed by atoms with Crippen LogP contribution in [0.4, 0.5) is 10.2 Å². The molecule has 2 N–H and O–H groups in total. The Morgan fingerprint density at radius 1 is 1.29 bits per heavy atom. The van der Waals surface area contributed by atoms with Gasteiger partial charge in [0.05, 0.1) is 18.3 Å². The maximum Gasteiger partial charge on any atom is 0.208 e. The zero-order chi connectivity index (χ0) is 26.0. The predicted octanol–water partition coefficient (Wildman–Crippen LogP) is 3.95. The lowest BCUT2D eigenvalue weighted by molar-refractivity contribution is 0.585. The summed E-state index contributed by atoms with van der Waals surface area (Å²) in [7, 11) is 0.347. The number of anilines is 1. The van der Waals surface area contributed by atoms with Crippen molar-refractivity contribution >= 4 is 27.2 Å². The highest BCUT2D eigenvalue weighted by Crippen LogP contribution is 2.25. The maximum absolute atomic E-state index is 14.2. The lowest BCUT2D eigenvalue weighted by atomic mass is 10.0. The normalized spacial score (nSPS) is 13.4. The molecule has 192 valence electrons. The van der Waals surface area contributed by atoms with Crippen LogP contribution in [0.3, 0.4) is 0 Å². The monoisotopic (exact) mass is 505 g/mol. The molecule has 0 fully saturated rings. The largest absolute Gasteiger partial charge is 0.340 e. The molecule has 2 heterocycles. The summed E-state index contributed by atoms with van der Waals surface area (Å²) in [5.41, 5.74) is 2.38. The quantitative estimate of drug-likeness (QED) is 0.186. The van der Waals surface area contributed by atoms with E-state index < -0.39 is 15.9 Å². The molecular formula is C24H36FN7O2S. The maximum atomic E-state index is 14.2.